The van der Waals surface area contributed by atoms with Gasteiger partial charge in [-0.2, -0.15) is 4.31 Å². The predicted octanol–water partition coefficient (Wildman–Crippen LogP) is 2.69. The number of morpholine rings is 1. The second kappa shape index (κ2) is 9.86. The lowest BCUT2D eigenvalue weighted by Gasteiger charge is -2.28. The highest BCUT2D eigenvalue weighted by Crippen LogP contribution is 2.23. The molecule has 3 rings (SSSR count). The number of aromatic nitrogens is 1. The van der Waals surface area contributed by atoms with Gasteiger partial charge in [0.1, 0.15) is 0 Å². The Balaban J connectivity index is 1.79. The summed E-state index contributed by atoms with van der Waals surface area (Å²) in [5.41, 5.74) is 0.908. The van der Waals surface area contributed by atoms with Crippen molar-refractivity contribution in [3.8, 4) is 0 Å². The van der Waals surface area contributed by atoms with Gasteiger partial charge in [-0.1, -0.05) is 29.3 Å². The van der Waals surface area contributed by atoms with Crippen molar-refractivity contribution in [3.63, 3.8) is 0 Å². The summed E-state index contributed by atoms with van der Waals surface area (Å²) in [5.74, 6) is -0.578. The minimum atomic E-state index is -3.52. The molecule has 1 aliphatic heterocycles. The molecule has 0 aliphatic carbocycles. The Bertz CT molecular complexity index is 951. The zero-order valence-electron chi connectivity index (χ0n) is 15.6. The lowest BCUT2D eigenvalue weighted by molar-refractivity contribution is 0.0716. The number of benzene rings is 1. The molecule has 2 heterocycles. The minimum Gasteiger partial charge on any atom is -0.379 e. The zero-order valence-corrected chi connectivity index (χ0v) is 18.0. The van der Waals surface area contributed by atoms with Gasteiger partial charge in [0, 0.05) is 30.9 Å². The van der Waals surface area contributed by atoms with Crippen LogP contribution in [0.4, 0.5) is 0 Å². The molecule has 10 heteroatoms. The van der Waals surface area contributed by atoms with E-state index in [-0.39, 0.29) is 35.3 Å². The van der Waals surface area contributed by atoms with Gasteiger partial charge in [-0.15, -0.1) is 0 Å². The van der Waals surface area contributed by atoms with Gasteiger partial charge in [0.15, 0.2) is 0 Å². The lowest BCUT2D eigenvalue weighted by Crippen LogP contribution is -2.44. The molecule has 1 aromatic heterocycles. The van der Waals surface area contributed by atoms with Crippen LogP contribution in [0.3, 0.4) is 0 Å². The van der Waals surface area contributed by atoms with E-state index in [4.69, 9.17) is 27.9 Å². The number of pyridine rings is 1. The smallest absolute Gasteiger partial charge is 0.255 e. The van der Waals surface area contributed by atoms with Crippen LogP contribution >= 0.6 is 23.2 Å². The summed E-state index contributed by atoms with van der Waals surface area (Å²) >= 11 is 12.1. The fraction of sp³-hybridized carbons (Fsp3) is 0.368. The molecule has 0 radical (unpaired) electrons. The first-order valence-electron chi connectivity index (χ1n) is 9.06. The second-order valence-electron chi connectivity index (χ2n) is 6.50. The van der Waals surface area contributed by atoms with E-state index in [1.54, 1.807) is 24.4 Å². The van der Waals surface area contributed by atoms with Crippen molar-refractivity contribution in [2.75, 3.05) is 38.6 Å². The second-order valence-corrected chi connectivity index (χ2v) is 9.43. The maximum absolute atomic E-state index is 13.1. The van der Waals surface area contributed by atoms with E-state index in [0.717, 1.165) is 0 Å². The Morgan fingerprint density at radius 3 is 2.59 bits per heavy atom. The van der Waals surface area contributed by atoms with E-state index in [1.165, 1.54) is 21.3 Å². The summed E-state index contributed by atoms with van der Waals surface area (Å²) in [7, 11) is -3.52. The Labute approximate surface area is 180 Å². The Morgan fingerprint density at radius 1 is 1.17 bits per heavy atom. The molecule has 1 amide bonds. The maximum Gasteiger partial charge on any atom is 0.255 e. The molecule has 2 aromatic rings. The van der Waals surface area contributed by atoms with Gasteiger partial charge in [-0.3, -0.25) is 9.78 Å². The van der Waals surface area contributed by atoms with Gasteiger partial charge < -0.3 is 9.64 Å². The fourth-order valence-electron chi connectivity index (χ4n) is 2.95. The van der Waals surface area contributed by atoms with Crippen molar-refractivity contribution in [2.24, 2.45) is 0 Å². The molecule has 0 spiro atoms. The summed E-state index contributed by atoms with van der Waals surface area (Å²) in [5, 5.41) is 0.627. The topological polar surface area (TPSA) is 79.8 Å². The largest absolute Gasteiger partial charge is 0.379 e. The molecule has 0 bridgehead atoms. The summed E-state index contributed by atoms with van der Waals surface area (Å²) in [6.45, 7) is 1.55. The number of rotatable bonds is 7. The van der Waals surface area contributed by atoms with Crippen LogP contribution < -0.4 is 0 Å². The van der Waals surface area contributed by atoms with Crippen molar-refractivity contribution in [2.45, 2.75) is 6.54 Å². The third-order valence-corrected chi connectivity index (χ3v) is 6.91. The highest BCUT2D eigenvalue weighted by Gasteiger charge is 2.27. The van der Waals surface area contributed by atoms with Crippen molar-refractivity contribution < 1.29 is 17.9 Å². The zero-order chi connectivity index (χ0) is 20.9. The quantitative estimate of drug-likeness (QED) is 0.638. The molecule has 1 aromatic carbocycles. The number of sulfonamides is 1. The van der Waals surface area contributed by atoms with Gasteiger partial charge in [0.05, 0.1) is 41.8 Å². The van der Waals surface area contributed by atoms with Crippen LogP contribution in [0.25, 0.3) is 0 Å². The molecule has 1 saturated heterocycles. The van der Waals surface area contributed by atoms with Crippen molar-refractivity contribution in [1.29, 1.82) is 0 Å². The van der Waals surface area contributed by atoms with Crippen LogP contribution in [0, 0.1) is 0 Å². The van der Waals surface area contributed by atoms with E-state index >= 15 is 0 Å². The van der Waals surface area contributed by atoms with Crippen LogP contribution in [-0.4, -0.2) is 67.1 Å². The van der Waals surface area contributed by atoms with Gasteiger partial charge in [0.2, 0.25) is 10.0 Å². The molecule has 1 aliphatic rings. The number of ether oxygens (including phenoxy) is 1. The van der Waals surface area contributed by atoms with E-state index in [0.29, 0.717) is 37.0 Å². The summed E-state index contributed by atoms with van der Waals surface area (Å²) in [4.78, 5) is 18.8. The summed E-state index contributed by atoms with van der Waals surface area (Å²) in [6, 6.07) is 9.96. The van der Waals surface area contributed by atoms with Gasteiger partial charge in [-0.25, -0.2) is 8.42 Å². The molecular formula is C19H21Cl2N3O4S. The SMILES string of the molecule is O=C(c1ccc(Cl)cc1Cl)N(CCS(=O)(=O)N1CCOCC1)Cc1ccccn1. The predicted molar refractivity (Wildman–Crippen MR) is 112 cm³/mol. The first-order chi connectivity index (χ1) is 13.9. The van der Waals surface area contributed by atoms with Crippen molar-refractivity contribution >= 4 is 39.1 Å². The average Bonchev–Trinajstić information content (AvgIpc) is 2.72. The number of carbonyl (C=O) groups excluding carboxylic acids is 1. The third kappa shape index (κ3) is 5.90. The molecule has 1 fully saturated rings. The van der Waals surface area contributed by atoms with Crippen molar-refractivity contribution in [1.82, 2.24) is 14.2 Å². The van der Waals surface area contributed by atoms with Crippen LogP contribution in [0.5, 0.6) is 0 Å². The number of carbonyl (C=O) groups is 1. The van der Waals surface area contributed by atoms with Crippen LogP contribution in [0.2, 0.25) is 10.0 Å². The number of amides is 1. The Morgan fingerprint density at radius 2 is 1.93 bits per heavy atom. The van der Waals surface area contributed by atoms with Crippen molar-refractivity contribution in [3.05, 3.63) is 63.9 Å². The van der Waals surface area contributed by atoms with Crippen LogP contribution in [0.15, 0.2) is 42.6 Å². The van der Waals surface area contributed by atoms with Crippen LogP contribution in [-0.2, 0) is 21.3 Å². The van der Waals surface area contributed by atoms with E-state index in [1.807, 2.05) is 6.07 Å². The third-order valence-electron chi connectivity index (χ3n) is 4.51. The van der Waals surface area contributed by atoms with Gasteiger partial charge in [0.25, 0.3) is 5.91 Å². The number of nitrogens with zero attached hydrogens (tertiary/aromatic N) is 3. The monoisotopic (exact) mass is 457 g/mol. The molecule has 0 atom stereocenters. The molecule has 7 nitrogen and oxygen atoms in total. The molecular weight excluding hydrogens is 437 g/mol. The minimum absolute atomic E-state index is 0.00799. The Hall–Kier alpha value is -1.71. The first kappa shape index (κ1) is 22.0. The average molecular weight is 458 g/mol. The maximum atomic E-state index is 13.1. The number of hydrogen-bond donors (Lipinski definition) is 0. The van der Waals surface area contributed by atoms with Gasteiger partial charge in [-0.05, 0) is 30.3 Å². The number of halogens is 2. The van der Waals surface area contributed by atoms with E-state index in [9.17, 15) is 13.2 Å². The fourth-order valence-corrected chi connectivity index (χ4v) is 4.86. The molecule has 29 heavy (non-hydrogen) atoms. The lowest BCUT2D eigenvalue weighted by atomic mass is 10.2. The highest BCUT2D eigenvalue weighted by atomic mass is 35.5. The highest BCUT2D eigenvalue weighted by molar-refractivity contribution is 7.89. The normalized spacial score (nSPS) is 15.2. The number of hydrogen-bond acceptors (Lipinski definition) is 5. The summed E-state index contributed by atoms with van der Waals surface area (Å²) in [6.07, 6.45) is 1.62. The summed E-state index contributed by atoms with van der Waals surface area (Å²) < 4.78 is 32.0. The first-order valence-corrected chi connectivity index (χ1v) is 11.4. The molecule has 156 valence electrons. The van der Waals surface area contributed by atoms with E-state index in [2.05, 4.69) is 4.98 Å². The Kier molecular flexibility index (Phi) is 7.48. The standard InChI is InChI=1S/C19H21Cl2N3O4S/c20-15-4-5-17(18(21)13-15)19(25)23(14-16-3-1-2-6-22-16)9-12-29(26,27)24-7-10-28-11-8-24/h1-6,13H,7-12,14H2. The van der Waals surface area contributed by atoms with Crippen LogP contribution in [0.1, 0.15) is 16.1 Å². The van der Waals surface area contributed by atoms with Gasteiger partial charge >= 0.3 is 0 Å². The molecule has 0 saturated carbocycles. The molecule has 0 N–H and O–H groups in total. The molecule has 0 unspecified atom stereocenters. The van der Waals surface area contributed by atoms with E-state index < -0.39 is 10.0 Å².